The lowest BCUT2D eigenvalue weighted by atomic mass is 9.47. The van der Waals surface area contributed by atoms with Gasteiger partial charge in [-0.05, 0) is 85.9 Å². The van der Waals surface area contributed by atoms with Crippen LogP contribution in [0.1, 0.15) is 65.2 Å². The molecule has 0 radical (unpaired) electrons. The van der Waals surface area contributed by atoms with Crippen LogP contribution in [0, 0.1) is 34.5 Å². The molecular weight excluding hydrogens is 348 g/mol. The van der Waals surface area contributed by atoms with Gasteiger partial charge in [0.2, 0.25) is 0 Å². The van der Waals surface area contributed by atoms with Gasteiger partial charge in [0.15, 0.2) is 0 Å². The summed E-state index contributed by atoms with van der Waals surface area (Å²) in [5.74, 6) is 3.77. The van der Waals surface area contributed by atoms with E-state index in [1.807, 2.05) is 7.11 Å². The first-order chi connectivity index (χ1) is 11.0. The standard InChI is InChI=1S/C21H33BrO/c1-20-10-8-16(23-3)12-14(20)4-6-17-18-7-5-15(13-22)21(18,2)11-9-19(17)20/h4,15-19H,5-13H2,1-3H3/t15-,16-,17+,18+,19+,20+,21-/m1/s1. The van der Waals surface area contributed by atoms with Crippen LogP contribution in [0.25, 0.3) is 0 Å². The lowest BCUT2D eigenvalue weighted by Gasteiger charge is -2.58. The average molecular weight is 381 g/mol. The summed E-state index contributed by atoms with van der Waals surface area (Å²) in [4.78, 5) is 0. The normalized spacial score (nSPS) is 52.3. The summed E-state index contributed by atoms with van der Waals surface area (Å²) in [7, 11) is 1.89. The predicted molar refractivity (Wildman–Crippen MR) is 99.8 cm³/mol. The first kappa shape index (κ1) is 16.6. The minimum atomic E-state index is 0.476. The van der Waals surface area contributed by atoms with Crippen molar-refractivity contribution >= 4 is 15.9 Å². The molecule has 0 spiro atoms. The third-order valence-electron chi connectivity index (χ3n) is 8.77. The van der Waals surface area contributed by atoms with Gasteiger partial charge < -0.3 is 4.74 Å². The van der Waals surface area contributed by atoms with Crippen LogP contribution in [0.5, 0.6) is 0 Å². The Balaban J connectivity index is 1.63. The number of allylic oxidation sites excluding steroid dienone is 1. The van der Waals surface area contributed by atoms with Crippen LogP contribution in [-0.4, -0.2) is 18.5 Å². The highest BCUT2D eigenvalue weighted by Gasteiger charge is 2.58. The zero-order valence-electron chi connectivity index (χ0n) is 15.1. The molecular formula is C21H33BrO. The maximum absolute atomic E-state index is 5.69. The lowest BCUT2D eigenvalue weighted by molar-refractivity contribution is -0.0504. The molecule has 0 amide bonds. The van der Waals surface area contributed by atoms with Crippen LogP contribution in [0.4, 0.5) is 0 Å². The van der Waals surface area contributed by atoms with Gasteiger partial charge in [-0.15, -0.1) is 0 Å². The van der Waals surface area contributed by atoms with Crippen molar-refractivity contribution < 1.29 is 4.74 Å². The molecule has 0 aromatic carbocycles. The van der Waals surface area contributed by atoms with E-state index in [4.69, 9.17) is 4.74 Å². The minimum Gasteiger partial charge on any atom is -0.381 e. The molecule has 7 atom stereocenters. The Morgan fingerprint density at radius 3 is 2.70 bits per heavy atom. The summed E-state index contributed by atoms with van der Waals surface area (Å²) < 4.78 is 5.69. The van der Waals surface area contributed by atoms with Crippen LogP contribution in [0.2, 0.25) is 0 Å². The maximum Gasteiger partial charge on any atom is 0.0608 e. The quantitative estimate of drug-likeness (QED) is 0.423. The number of rotatable bonds is 2. The van der Waals surface area contributed by atoms with Crippen molar-refractivity contribution in [2.75, 3.05) is 12.4 Å². The van der Waals surface area contributed by atoms with Crippen molar-refractivity contribution in [1.82, 2.24) is 0 Å². The van der Waals surface area contributed by atoms with Gasteiger partial charge in [-0.2, -0.15) is 0 Å². The van der Waals surface area contributed by atoms with Gasteiger partial charge >= 0.3 is 0 Å². The predicted octanol–water partition coefficient (Wildman–Crippen LogP) is 5.98. The number of hydrogen-bond acceptors (Lipinski definition) is 1. The van der Waals surface area contributed by atoms with Crippen molar-refractivity contribution in [2.24, 2.45) is 34.5 Å². The van der Waals surface area contributed by atoms with Crippen molar-refractivity contribution in [3.8, 4) is 0 Å². The minimum absolute atomic E-state index is 0.476. The van der Waals surface area contributed by atoms with Gasteiger partial charge in [-0.25, -0.2) is 0 Å². The molecule has 3 fully saturated rings. The number of halogens is 1. The first-order valence-corrected chi connectivity index (χ1v) is 10.9. The molecule has 0 unspecified atom stereocenters. The van der Waals surface area contributed by atoms with Crippen LogP contribution in [0.15, 0.2) is 11.6 Å². The summed E-state index contributed by atoms with van der Waals surface area (Å²) in [6, 6.07) is 0. The summed E-state index contributed by atoms with van der Waals surface area (Å²) in [6.07, 6.45) is 14.1. The topological polar surface area (TPSA) is 9.23 Å². The molecule has 4 rings (SSSR count). The monoisotopic (exact) mass is 380 g/mol. The van der Waals surface area contributed by atoms with E-state index in [1.165, 1.54) is 56.7 Å². The van der Waals surface area contributed by atoms with E-state index in [-0.39, 0.29) is 0 Å². The largest absolute Gasteiger partial charge is 0.381 e. The molecule has 2 heteroatoms. The van der Waals surface area contributed by atoms with E-state index in [2.05, 4.69) is 35.9 Å². The van der Waals surface area contributed by atoms with Crippen molar-refractivity contribution in [2.45, 2.75) is 71.3 Å². The van der Waals surface area contributed by atoms with Gasteiger partial charge in [-0.1, -0.05) is 41.4 Å². The second-order valence-corrected chi connectivity index (χ2v) is 9.98. The average Bonchev–Trinajstić information content (AvgIpc) is 2.90. The van der Waals surface area contributed by atoms with E-state index in [0.717, 1.165) is 23.7 Å². The van der Waals surface area contributed by atoms with Crippen molar-refractivity contribution in [1.29, 1.82) is 0 Å². The highest BCUT2D eigenvalue weighted by Crippen LogP contribution is 2.66. The highest BCUT2D eigenvalue weighted by atomic mass is 79.9. The van der Waals surface area contributed by atoms with E-state index < -0.39 is 0 Å². The number of hydrogen-bond donors (Lipinski definition) is 0. The highest BCUT2D eigenvalue weighted by molar-refractivity contribution is 9.09. The van der Waals surface area contributed by atoms with E-state index >= 15 is 0 Å². The van der Waals surface area contributed by atoms with Crippen molar-refractivity contribution in [3.63, 3.8) is 0 Å². The smallest absolute Gasteiger partial charge is 0.0608 e. The van der Waals surface area contributed by atoms with E-state index in [0.29, 0.717) is 16.9 Å². The molecule has 0 heterocycles. The molecule has 0 saturated heterocycles. The molecule has 3 saturated carbocycles. The number of ether oxygens (including phenoxy) is 1. The fourth-order valence-electron chi connectivity index (χ4n) is 7.19. The number of fused-ring (bicyclic) bond motifs is 5. The Morgan fingerprint density at radius 2 is 1.96 bits per heavy atom. The van der Waals surface area contributed by atoms with Crippen LogP contribution >= 0.6 is 15.9 Å². The summed E-state index contributed by atoms with van der Waals surface area (Å²) in [6.45, 7) is 5.22. The summed E-state index contributed by atoms with van der Waals surface area (Å²) >= 11 is 3.82. The lowest BCUT2D eigenvalue weighted by Crippen LogP contribution is -2.50. The number of methoxy groups -OCH3 is 1. The Kier molecular flexibility index (Phi) is 4.24. The third kappa shape index (κ3) is 2.34. The van der Waals surface area contributed by atoms with Crippen LogP contribution in [-0.2, 0) is 4.74 Å². The molecule has 0 bridgehead atoms. The first-order valence-electron chi connectivity index (χ1n) is 9.81. The second kappa shape index (κ2) is 5.87. The molecule has 1 nitrogen and oxygen atoms in total. The molecule has 4 aliphatic rings. The van der Waals surface area contributed by atoms with Gasteiger partial charge in [0.05, 0.1) is 6.10 Å². The fraction of sp³-hybridized carbons (Fsp3) is 0.905. The molecule has 23 heavy (non-hydrogen) atoms. The van der Waals surface area contributed by atoms with Crippen LogP contribution in [0.3, 0.4) is 0 Å². The van der Waals surface area contributed by atoms with Gasteiger partial charge in [0, 0.05) is 12.4 Å². The second-order valence-electron chi connectivity index (χ2n) is 9.33. The summed E-state index contributed by atoms with van der Waals surface area (Å²) in [5, 5.41) is 1.21. The Bertz CT molecular complexity index is 500. The zero-order chi connectivity index (χ0) is 16.2. The fourth-order valence-corrected chi connectivity index (χ4v) is 8.25. The van der Waals surface area contributed by atoms with Gasteiger partial charge in [0.1, 0.15) is 0 Å². The SMILES string of the molecule is CO[C@@H]1CC[C@@]2(C)C(=CC[C@H]3[C@@H]4CC[C@H](CBr)[C@@]4(C)CC[C@@H]32)C1. The molecule has 0 N–H and O–H groups in total. The van der Waals surface area contributed by atoms with E-state index in [9.17, 15) is 0 Å². The maximum atomic E-state index is 5.69. The van der Waals surface area contributed by atoms with Crippen molar-refractivity contribution in [3.05, 3.63) is 11.6 Å². The Morgan fingerprint density at radius 1 is 1.13 bits per heavy atom. The number of alkyl halides is 1. The third-order valence-corrected chi connectivity index (χ3v) is 9.56. The molecule has 0 aliphatic heterocycles. The molecule has 0 aromatic rings. The molecule has 4 aliphatic carbocycles. The molecule has 130 valence electrons. The zero-order valence-corrected chi connectivity index (χ0v) is 16.7. The Hall–Kier alpha value is 0.180. The van der Waals surface area contributed by atoms with E-state index in [1.54, 1.807) is 5.57 Å². The van der Waals surface area contributed by atoms with Gasteiger partial charge in [-0.3, -0.25) is 0 Å². The molecule has 0 aromatic heterocycles. The summed E-state index contributed by atoms with van der Waals surface area (Å²) in [5.41, 5.74) is 2.83. The van der Waals surface area contributed by atoms with Crippen LogP contribution < -0.4 is 0 Å². The van der Waals surface area contributed by atoms with Gasteiger partial charge in [0.25, 0.3) is 0 Å². The Labute approximate surface area is 150 Å².